The summed E-state index contributed by atoms with van der Waals surface area (Å²) in [5, 5.41) is 2.79. The Balaban J connectivity index is 3.26. The average molecular weight is 308 g/mol. The summed E-state index contributed by atoms with van der Waals surface area (Å²) in [7, 11) is -1.52. The van der Waals surface area contributed by atoms with E-state index in [9.17, 15) is 4.79 Å². The molecule has 0 fully saturated rings. The average Bonchev–Trinajstić information content (AvgIpc) is 2.32. The van der Waals surface area contributed by atoms with E-state index in [4.69, 9.17) is 15.8 Å². The van der Waals surface area contributed by atoms with Crippen LogP contribution in [0.4, 0.5) is 4.79 Å². The van der Waals surface area contributed by atoms with Gasteiger partial charge in [-0.05, 0) is 18.9 Å². The van der Waals surface area contributed by atoms with Crippen molar-refractivity contribution >= 4 is 24.6 Å². The summed E-state index contributed by atoms with van der Waals surface area (Å²) in [4.78, 5) is 11.3. The van der Waals surface area contributed by atoms with E-state index in [1.165, 1.54) is 32.1 Å². The van der Waals surface area contributed by atoms with Crippen molar-refractivity contribution in [1.29, 1.82) is 0 Å². The number of alkyl carbamates (subject to hydrolysis) is 1. The summed E-state index contributed by atoms with van der Waals surface area (Å²) in [5.41, 5.74) is 0. The maximum atomic E-state index is 11.3. The molecule has 0 saturated heterocycles. The Bertz CT molecular complexity index is 232. The molecule has 0 rings (SSSR count). The number of unbranched alkanes of at least 4 members (excludes halogenated alkanes) is 5. The lowest BCUT2D eigenvalue weighted by Crippen LogP contribution is -2.26. The Morgan fingerprint density at radius 2 is 1.74 bits per heavy atom. The minimum atomic E-state index is -1.52. The molecule has 0 unspecified atom stereocenters. The van der Waals surface area contributed by atoms with Crippen LogP contribution in [0.1, 0.15) is 51.9 Å². The standard InChI is InChI=1S/C14H30ClNO2Si/c1-4-5-6-7-8-9-11-16-14(17)18-12-10-13-19(2,3)15/h4-13H2,1-3H3,(H,16,17). The van der Waals surface area contributed by atoms with Gasteiger partial charge in [0.2, 0.25) is 0 Å². The number of rotatable bonds is 11. The minimum absolute atomic E-state index is 0.289. The first-order chi connectivity index (χ1) is 8.95. The van der Waals surface area contributed by atoms with Crippen molar-refractivity contribution < 1.29 is 9.53 Å². The quantitative estimate of drug-likeness (QED) is 0.335. The van der Waals surface area contributed by atoms with E-state index in [0.717, 1.165) is 25.4 Å². The number of hydrogen-bond acceptors (Lipinski definition) is 2. The topological polar surface area (TPSA) is 38.3 Å². The van der Waals surface area contributed by atoms with Gasteiger partial charge >= 0.3 is 6.09 Å². The monoisotopic (exact) mass is 307 g/mol. The zero-order valence-electron chi connectivity index (χ0n) is 12.8. The smallest absolute Gasteiger partial charge is 0.407 e. The molecule has 0 atom stereocenters. The predicted molar refractivity (Wildman–Crippen MR) is 85.5 cm³/mol. The van der Waals surface area contributed by atoms with Crippen LogP contribution < -0.4 is 5.32 Å². The highest BCUT2D eigenvalue weighted by Crippen LogP contribution is 2.15. The van der Waals surface area contributed by atoms with Crippen molar-refractivity contribution in [3.8, 4) is 0 Å². The molecule has 1 amide bonds. The van der Waals surface area contributed by atoms with Crippen molar-refractivity contribution in [3.05, 3.63) is 0 Å². The maximum absolute atomic E-state index is 11.3. The van der Waals surface area contributed by atoms with Crippen molar-refractivity contribution in [2.75, 3.05) is 13.2 Å². The third kappa shape index (κ3) is 15.7. The van der Waals surface area contributed by atoms with Crippen LogP contribution in [0, 0.1) is 0 Å². The van der Waals surface area contributed by atoms with Crippen LogP contribution in [0.25, 0.3) is 0 Å². The first kappa shape index (κ1) is 18.8. The normalized spacial score (nSPS) is 11.4. The van der Waals surface area contributed by atoms with E-state index in [2.05, 4.69) is 25.3 Å². The highest BCUT2D eigenvalue weighted by molar-refractivity contribution is 7.19. The lowest BCUT2D eigenvalue weighted by molar-refractivity contribution is 0.146. The van der Waals surface area contributed by atoms with Gasteiger partial charge in [-0.3, -0.25) is 0 Å². The van der Waals surface area contributed by atoms with Crippen LogP contribution in [0.2, 0.25) is 19.1 Å². The third-order valence-electron chi connectivity index (χ3n) is 2.95. The molecular weight excluding hydrogens is 278 g/mol. The lowest BCUT2D eigenvalue weighted by atomic mass is 10.1. The molecule has 5 heteroatoms. The van der Waals surface area contributed by atoms with Gasteiger partial charge in [0.1, 0.15) is 0 Å². The molecule has 0 aromatic heterocycles. The van der Waals surface area contributed by atoms with E-state index in [1.807, 2.05) is 0 Å². The van der Waals surface area contributed by atoms with Crippen molar-refractivity contribution in [3.63, 3.8) is 0 Å². The largest absolute Gasteiger partial charge is 0.450 e. The summed E-state index contributed by atoms with van der Waals surface area (Å²) >= 11 is 6.19. The Hall–Kier alpha value is -0.223. The number of amides is 1. The van der Waals surface area contributed by atoms with E-state index in [-0.39, 0.29) is 6.09 Å². The first-order valence-corrected chi connectivity index (χ1v) is 11.8. The Morgan fingerprint density at radius 3 is 2.37 bits per heavy atom. The number of hydrogen-bond donors (Lipinski definition) is 1. The van der Waals surface area contributed by atoms with Crippen LogP contribution in [0.15, 0.2) is 0 Å². The molecule has 0 spiro atoms. The lowest BCUT2D eigenvalue weighted by Gasteiger charge is -2.12. The zero-order valence-corrected chi connectivity index (χ0v) is 14.5. The van der Waals surface area contributed by atoms with Gasteiger partial charge in [-0.1, -0.05) is 52.1 Å². The fourth-order valence-electron chi connectivity index (χ4n) is 1.80. The molecule has 1 N–H and O–H groups in total. The fraction of sp³-hybridized carbons (Fsp3) is 0.929. The van der Waals surface area contributed by atoms with Gasteiger partial charge < -0.3 is 10.1 Å². The number of carbonyl (C=O) groups is 1. The second-order valence-corrected chi connectivity index (χ2v) is 12.7. The van der Waals surface area contributed by atoms with Crippen LogP contribution in [-0.4, -0.2) is 26.6 Å². The molecule has 114 valence electrons. The Labute approximate surface area is 124 Å². The van der Waals surface area contributed by atoms with Crippen molar-refractivity contribution in [1.82, 2.24) is 5.32 Å². The van der Waals surface area contributed by atoms with Crippen LogP contribution in [0.5, 0.6) is 0 Å². The van der Waals surface area contributed by atoms with E-state index in [1.54, 1.807) is 0 Å². The van der Waals surface area contributed by atoms with Crippen LogP contribution >= 0.6 is 11.1 Å². The number of ether oxygens (including phenoxy) is 1. The van der Waals surface area contributed by atoms with Gasteiger partial charge in [-0.25, -0.2) is 4.79 Å². The number of halogens is 1. The van der Waals surface area contributed by atoms with E-state index < -0.39 is 7.38 Å². The molecule has 0 aliphatic carbocycles. The summed E-state index contributed by atoms with van der Waals surface area (Å²) in [6.45, 7) is 7.62. The molecule has 0 heterocycles. The fourth-order valence-corrected chi connectivity index (χ4v) is 3.19. The zero-order chi connectivity index (χ0) is 14.6. The van der Waals surface area contributed by atoms with Crippen molar-refractivity contribution in [2.45, 2.75) is 71.0 Å². The van der Waals surface area contributed by atoms with Gasteiger partial charge in [0, 0.05) is 6.54 Å². The molecule has 0 aromatic carbocycles. The molecule has 0 saturated carbocycles. The highest BCUT2D eigenvalue weighted by Gasteiger charge is 2.16. The Morgan fingerprint density at radius 1 is 1.11 bits per heavy atom. The molecule has 3 nitrogen and oxygen atoms in total. The maximum Gasteiger partial charge on any atom is 0.407 e. The van der Waals surface area contributed by atoms with Gasteiger partial charge in [-0.2, -0.15) is 11.1 Å². The van der Waals surface area contributed by atoms with Crippen LogP contribution in [0.3, 0.4) is 0 Å². The SMILES string of the molecule is CCCCCCCCNC(=O)OCCC[Si](C)(C)Cl. The van der Waals surface area contributed by atoms with Gasteiger partial charge in [-0.15, -0.1) is 0 Å². The highest BCUT2D eigenvalue weighted by atomic mass is 35.6. The second kappa shape index (κ2) is 11.6. The Kier molecular flexibility index (Phi) is 11.5. The molecular formula is C14H30ClNO2Si. The molecule has 0 radical (unpaired) electrons. The third-order valence-corrected chi connectivity index (χ3v) is 5.06. The molecule has 19 heavy (non-hydrogen) atoms. The summed E-state index contributed by atoms with van der Waals surface area (Å²) in [5.74, 6) is 0. The van der Waals surface area contributed by atoms with E-state index >= 15 is 0 Å². The van der Waals surface area contributed by atoms with Crippen LogP contribution in [-0.2, 0) is 4.74 Å². The molecule has 0 aliphatic rings. The van der Waals surface area contributed by atoms with E-state index in [0.29, 0.717) is 6.61 Å². The van der Waals surface area contributed by atoms with Crippen molar-refractivity contribution in [2.24, 2.45) is 0 Å². The molecule has 0 bridgehead atoms. The summed E-state index contributed by atoms with van der Waals surface area (Å²) < 4.78 is 5.10. The van der Waals surface area contributed by atoms with Gasteiger partial charge in [0.25, 0.3) is 0 Å². The number of carbonyl (C=O) groups excluding carboxylic acids is 1. The number of nitrogens with one attached hydrogen (secondary N) is 1. The van der Waals surface area contributed by atoms with Gasteiger partial charge in [0.05, 0.1) is 6.61 Å². The second-order valence-electron chi connectivity index (χ2n) is 5.65. The van der Waals surface area contributed by atoms with Gasteiger partial charge in [0.15, 0.2) is 7.38 Å². The summed E-state index contributed by atoms with van der Waals surface area (Å²) in [6, 6.07) is 0.985. The summed E-state index contributed by atoms with van der Waals surface area (Å²) in [6.07, 6.45) is 7.96. The first-order valence-electron chi connectivity index (χ1n) is 7.55. The minimum Gasteiger partial charge on any atom is -0.450 e. The molecule has 0 aliphatic heterocycles. The molecule has 0 aromatic rings. The predicted octanol–water partition coefficient (Wildman–Crippen LogP) is 4.91.